The number of hydrogen-bond donors (Lipinski definition) is 2. The predicted molar refractivity (Wildman–Crippen MR) is 84.2 cm³/mol. The van der Waals surface area contributed by atoms with E-state index in [0.717, 1.165) is 29.9 Å². The lowest BCUT2D eigenvalue weighted by atomic mass is 10.0. The fourth-order valence-corrected chi connectivity index (χ4v) is 1.72. The van der Waals surface area contributed by atoms with Crippen LogP contribution in [0.3, 0.4) is 0 Å². The Hall–Kier alpha value is -1.01. The lowest BCUT2D eigenvalue weighted by Crippen LogP contribution is -2.44. The van der Waals surface area contributed by atoms with E-state index >= 15 is 0 Å². The Morgan fingerprint density at radius 1 is 1.21 bits per heavy atom. The van der Waals surface area contributed by atoms with E-state index in [0.29, 0.717) is 0 Å². The minimum absolute atomic E-state index is 0.0722. The summed E-state index contributed by atoms with van der Waals surface area (Å²) in [6, 6.07) is 1.95. The molecule has 0 aliphatic carbocycles. The van der Waals surface area contributed by atoms with Crippen LogP contribution in [0.5, 0.6) is 0 Å². The molecular formula is C13H25N5S. The normalized spacial score (nSPS) is 11.7. The lowest BCUT2D eigenvalue weighted by Gasteiger charge is -2.32. The summed E-state index contributed by atoms with van der Waals surface area (Å²) >= 11 is 1.55. The van der Waals surface area contributed by atoms with Crippen LogP contribution in [0.2, 0.25) is 0 Å². The van der Waals surface area contributed by atoms with Crippen molar-refractivity contribution in [2.24, 2.45) is 0 Å². The van der Waals surface area contributed by atoms with Crippen LogP contribution in [0.1, 0.15) is 20.8 Å². The number of nitrogens with zero attached hydrogens (tertiary/aromatic N) is 3. The maximum absolute atomic E-state index is 4.48. The standard InChI is InChI=1S/C13H25N5S/c1-7-14-10-8-11(17-12(16-10)19-6)15-9-13(2,3)18(4)5/h8H,7,9H2,1-6H3,(H2,14,15,16,17). The summed E-state index contributed by atoms with van der Waals surface area (Å²) < 4.78 is 0. The van der Waals surface area contributed by atoms with Gasteiger partial charge in [-0.15, -0.1) is 0 Å². The van der Waals surface area contributed by atoms with Crippen molar-refractivity contribution in [3.63, 3.8) is 0 Å². The smallest absolute Gasteiger partial charge is 0.191 e. The van der Waals surface area contributed by atoms with Crippen molar-refractivity contribution in [1.29, 1.82) is 0 Å². The van der Waals surface area contributed by atoms with Crippen molar-refractivity contribution >= 4 is 23.4 Å². The van der Waals surface area contributed by atoms with E-state index in [-0.39, 0.29) is 5.54 Å². The zero-order chi connectivity index (χ0) is 14.5. The summed E-state index contributed by atoms with van der Waals surface area (Å²) in [5, 5.41) is 7.40. The van der Waals surface area contributed by atoms with Gasteiger partial charge in [-0.3, -0.25) is 0 Å². The number of nitrogens with one attached hydrogen (secondary N) is 2. The molecule has 0 saturated carbocycles. The predicted octanol–water partition coefficient (Wildman–Crippen LogP) is 2.38. The van der Waals surface area contributed by atoms with Crippen molar-refractivity contribution in [1.82, 2.24) is 14.9 Å². The Morgan fingerprint density at radius 3 is 2.26 bits per heavy atom. The molecule has 19 heavy (non-hydrogen) atoms. The Labute approximate surface area is 120 Å². The molecule has 0 bridgehead atoms. The first-order valence-corrected chi connectivity index (χ1v) is 7.69. The molecule has 0 unspecified atom stereocenters. The first-order chi connectivity index (χ1) is 8.89. The van der Waals surface area contributed by atoms with Gasteiger partial charge in [-0.1, -0.05) is 11.8 Å². The molecule has 6 heteroatoms. The van der Waals surface area contributed by atoms with Gasteiger partial charge in [0.15, 0.2) is 5.16 Å². The molecule has 1 heterocycles. The number of rotatable bonds is 7. The molecular weight excluding hydrogens is 258 g/mol. The van der Waals surface area contributed by atoms with Gasteiger partial charge < -0.3 is 15.5 Å². The molecule has 0 atom stereocenters. The molecule has 1 aromatic heterocycles. The monoisotopic (exact) mass is 283 g/mol. The Balaban J connectivity index is 2.80. The molecule has 0 aliphatic rings. The maximum atomic E-state index is 4.48. The molecule has 0 amide bonds. The van der Waals surface area contributed by atoms with Crippen LogP contribution in [-0.4, -0.2) is 53.8 Å². The molecule has 1 rings (SSSR count). The number of thioether (sulfide) groups is 1. The van der Waals surface area contributed by atoms with Crippen molar-refractivity contribution in [2.75, 3.05) is 44.1 Å². The number of likely N-dealkylation sites (N-methyl/N-ethyl adjacent to an activating group) is 1. The Kier molecular flexibility index (Phi) is 5.87. The second kappa shape index (κ2) is 6.96. The van der Waals surface area contributed by atoms with E-state index in [1.165, 1.54) is 0 Å². The van der Waals surface area contributed by atoms with Crippen molar-refractivity contribution < 1.29 is 0 Å². The van der Waals surface area contributed by atoms with Crippen molar-refractivity contribution in [3.05, 3.63) is 6.07 Å². The third-order valence-corrected chi connectivity index (χ3v) is 3.71. The van der Waals surface area contributed by atoms with Crippen LogP contribution in [0, 0.1) is 0 Å². The van der Waals surface area contributed by atoms with Crippen LogP contribution < -0.4 is 10.6 Å². The topological polar surface area (TPSA) is 53.1 Å². The molecule has 0 spiro atoms. The largest absolute Gasteiger partial charge is 0.370 e. The fraction of sp³-hybridized carbons (Fsp3) is 0.692. The molecule has 108 valence electrons. The summed E-state index contributed by atoms with van der Waals surface area (Å²) in [5.41, 5.74) is 0.0722. The lowest BCUT2D eigenvalue weighted by molar-refractivity contribution is 0.210. The molecule has 0 aromatic carbocycles. The van der Waals surface area contributed by atoms with Gasteiger partial charge >= 0.3 is 0 Å². The van der Waals surface area contributed by atoms with Gasteiger partial charge in [0.25, 0.3) is 0 Å². The first kappa shape index (κ1) is 16.0. The third-order valence-electron chi connectivity index (χ3n) is 3.16. The summed E-state index contributed by atoms with van der Waals surface area (Å²) in [4.78, 5) is 11.1. The highest BCUT2D eigenvalue weighted by Gasteiger charge is 2.20. The summed E-state index contributed by atoms with van der Waals surface area (Å²) in [5.74, 6) is 1.73. The number of aromatic nitrogens is 2. The quantitative estimate of drug-likeness (QED) is 0.592. The minimum atomic E-state index is 0.0722. The molecule has 0 radical (unpaired) electrons. The SMILES string of the molecule is CCNc1cc(NCC(C)(C)N(C)C)nc(SC)n1. The van der Waals surface area contributed by atoms with Gasteiger partial charge in [0.1, 0.15) is 11.6 Å². The van der Waals surface area contributed by atoms with Crippen LogP contribution in [0.4, 0.5) is 11.6 Å². The van der Waals surface area contributed by atoms with E-state index in [9.17, 15) is 0 Å². The molecule has 5 nitrogen and oxygen atoms in total. The van der Waals surface area contributed by atoms with Gasteiger partial charge in [-0.2, -0.15) is 0 Å². The molecule has 2 N–H and O–H groups in total. The first-order valence-electron chi connectivity index (χ1n) is 6.47. The van der Waals surface area contributed by atoms with Crippen LogP contribution in [0.15, 0.2) is 11.2 Å². The van der Waals surface area contributed by atoms with Crippen LogP contribution >= 0.6 is 11.8 Å². The van der Waals surface area contributed by atoms with Gasteiger partial charge in [0.2, 0.25) is 0 Å². The van der Waals surface area contributed by atoms with E-state index < -0.39 is 0 Å². The highest BCUT2D eigenvalue weighted by atomic mass is 32.2. The van der Waals surface area contributed by atoms with Gasteiger partial charge in [0, 0.05) is 24.7 Å². The Bertz CT molecular complexity index is 406. The van der Waals surface area contributed by atoms with E-state index in [1.54, 1.807) is 11.8 Å². The summed E-state index contributed by atoms with van der Waals surface area (Å²) in [7, 11) is 4.16. The maximum Gasteiger partial charge on any atom is 0.191 e. The number of anilines is 2. The van der Waals surface area contributed by atoms with Gasteiger partial charge in [-0.05, 0) is 41.1 Å². The zero-order valence-corrected chi connectivity index (χ0v) is 13.6. The third kappa shape index (κ3) is 4.87. The number of hydrogen-bond acceptors (Lipinski definition) is 6. The van der Waals surface area contributed by atoms with Crippen molar-refractivity contribution in [2.45, 2.75) is 31.5 Å². The van der Waals surface area contributed by atoms with Gasteiger partial charge in [0.05, 0.1) is 0 Å². The minimum Gasteiger partial charge on any atom is -0.370 e. The molecule has 0 aliphatic heterocycles. The Morgan fingerprint density at radius 2 is 1.79 bits per heavy atom. The van der Waals surface area contributed by atoms with Crippen LogP contribution in [0.25, 0.3) is 0 Å². The van der Waals surface area contributed by atoms with Gasteiger partial charge in [-0.25, -0.2) is 9.97 Å². The summed E-state index contributed by atoms with van der Waals surface area (Å²) in [6.45, 7) is 8.14. The highest BCUT2D eigenvalue weighted by molar-refractivity contribution is 7.98. The van der Waals surface area contributed by atoms with Crippen LogP contribution in [-0.2, 0) is 0 Å². The molecule has 0 saturated heterocycles. The second-order valence-electron chi connectivity index (χ2n) is 5.22. The fourth-order valence-electron chi connectivity index (χ4n) is 1.34. The van der Waals surface area contributed by atoms with E-state index in [1.807, 2.05) is 12.3 Å². The van der Waals surface area contributed by atoms with E-state index in [2.05, 4.69) is 60.4 Å². The second-order valence-corrected chi connectivity index (χ2v) is 5.99. The van der Waals surface area contributed by atoms with Crippen molar-refractivity contribution in [3.8, 4) is 0 Å². The average Bonchev–Trinajstić information content (AvgIpc) is 2.36. The average molecular weight is 283 g/mol. The molecule has 1 aromatic rings. The summed E-state index contributed by atoms with van der Waals surface area (Å²) in [6.07, 6.45) is 1.98. The zero-order valence-electron chi connectivity index (χ0n) is 12.7. The highest BCUT2D eigenvalue weighted by Crippen LogP contribution is 2.18. The van der Waals surface area contributed by atoms with E-state index in [4.69, 9.17) is 0 Å². The molecule has 0 fully saturated rings.